The summed E-state index contributed by atoms with van der Waals surface area (Å²) in [7, 11) is 1.54. The second-order valence-corrected chi connectivity index (χ2v) is 7.43. The van der Waals surface area contributed by atoms with Gasteiger partial charge < -0.3 is 24.7 Å². The van der Waals surface area contributed by atoms with Crippen molar-refractivity contribution >= 4 is 34.1 Å². The first-order valence-corrected chi connectivity index (χ1v) is 10.6. The number of para-hydroxylation sites is 3. The minimum atomic E-state index is -0.316. The van der Waals surface area contributed by atoms with E-state index in [1.165, 1.54) is 0 Å². The molecule has 2 N–H and O–H groups in total. The topological polar surface area (TPSA) is 81.6 Å². The van der Waals surface area contributed by atoms with Crippen molar-refractivity contribution < 1.29 is 19.1 Å². The number of hydrogen-bond donors (Lipinski definition) is 2. The number of nitrogens with one attached hydrogen (secondary N) is 2. The first-order chi connectivity index (χ1) is 16.1. The Bertz CT molecular complexity index is 1270. The summed E-state index contributed by atoms with van der Waals surface area (Å²) in [5, 5.41) is 6.81. The van der Waals surface area contributed by atoms with E-state index in [4.69, 9.17) is 9.47 Å². The van der Waals surface area contributed by atoms with Crippen LogP contribution in [0.15, 0.2) is 85.1 Å². The van der Waals surface area contributed by atoms with Crippen LogP contribution in [0, 0.1) is 0 Å². The Morgan fingerprint density at radius 2 is 1.52 bits per heavy atom. The number of carbonyl (C=O) groups excluding carboxylic acids is 2. The van der Waals surface area contributed by atoms with Crippen LogP contribution in [0.5, 0.6) is 11.5 Å². The summed E-state index contributed by atoms with van der Waals surface area (Å²) >= 11 is 0. The van der Waals surface area contributed by atoms with Gasteiger partial charge in [-0.05, 0) is 47.9 Å². The lowest BCUT2D eigenvalue weighted by atomic mass is 10.2. The van der Waals surface area contributed by atoms with Crippen LogP contribution < -0.4 is 20.1 Å². The molecule has 2 amide bonds. The number of methoxy groups -OCH3 is 1. The van der Waals surface area contributed by atoms with Gasteiger partial charge in [0.25, 0.3) is 5.91 Å². The molecule has 0 aliphatic rings. The Morgan fingerprint density at radius 1 is 0.818 bits per heavy atom. The highest BCUT2D eigenvalue weighted by Gasteiger charge is 2.09. The molecular weight excluding hydrogens is 418 g/mol. The smallest absolute Gasteiger partial charge is 0.262 e. The number of aromatic nitrogens is 1. The van der Waals surface area contributed by atoms with Gasteiger partial charge in [-0.25, -0.2) is 0 Å². The fraction of sp³-hybridized carbons (Fsp3) is 0.154. The molecule has 33 heavy (non-hydrogen) atoms. The van der Waals surface area contributed by atoms with Gasteiger partial charge in [0.1, 0.15) is 0 Å². The van der Waals surface area contributed by atoms with E-state index in [9.17, 15) is 9.59 Å². The van der Waals surface area contributed by atoms with Crippen LogP contribution in [0.1, 0.15) is 6.42 Å². The molecule has 0 spiro atoms. The molecule has 1 heterocycles. The molecule has 1 aromatic heterocycles. The number of aryl methyl sites for hydroxylation is 1. The fourth-order valence-corrected chi connectivity index (χ4v) is 3.53. The lowest BCUT2D eigenvalue weighted by molar-refractivity contribution is -0.118. The summed E-state index contributed by atoms with van der Waals surface area (Å²) in [4.78, 5) is 24.7. The zero-order valence-electron chi connectivity index (χ0n) is 18.3. The summed E-state index contributed by atoms with van der Waals surface area (Å²) in [5.41, 5.74) is 2.28. The molecule has 0 saturated carbocycles. The van der Waals surface area contributed by atoms with Crippen LogP contribution in [-0.2, 0) is 16.1 Å². The largest absolute Gasteiger partial charge is 0.493 e. The third-order valence-corrected chi connectivity index (χ3v) is 5.12. The van der Waals surface area contributed by atoms with Gasteiger partial charge >= 0.3 is 0 Å². The van der Waals surface area contributed by atoms with Crippen molar-refractivity contribution in [3.8, 4) is 11.5 Å². The number of hydrogen-bond acceptors (Lipinski definition) is 4. The minimum Gasteiger partial charge on any atom is -0.493 e. The van der Waals surface area contributed by atoms with Crippen molar-refractivity contribution in [3.63, 3.8) is 0 Å². The van der Waals surface area contributed by atoms with Gasteiger partial charge in [-0.3, -0.25) is 9.59 Å². The number of fused-ring (bicyclic) bond motifs is 1. The van der Waals surface area contributed by atoms with Gasteiger partial charge in [-0.15, -0.1) is 0 Å². The van der Waals surface area contributed by atoms with Gasteiger partial charge in [0.05, 0.1) is 7.11 Å². The van der Waals surface area contributed by atoms with E-state index in [-0.39, 0.29) is 18.4 Å². The third-order valence-electron chi connectivity index (χ3n) is 5.12. The highest BCUT2D eigenvalue weighted by molar-refractivity contribution is 5.94. The number of ether oxygens (including phenoxy) is 2. The lowest BCUT2D eigenvalue weighted by Crippen LogP contribution is -2.20. The van der Waals surface area contributed by atoms with Gasteiger partial charge in [0.15, 0.2) is 18.1 Å². The SMILES string of the molecule is COc1ccccc1OCC(=O)Nc1cccc(NC(=O)CCn2ccc3ccccc32)c1. The van der Waals surface area contributed by atoms with E-state index < -0.39 is 0 Å². The molecule has 7 nitrogen and oxygen atoms in total. The standard InChI is InChI=1S/C26H25N3O4/c1-32-23-11-4-5-12-24(23)33-18-26(31)28-21-9-6-8-20(17-21)27-25(30)14-16-29-15-13-19-7-2-3-10-22(19)29/h2-13,15,17H,14,16,18H2,1H3,(H,27,30)(H,28,31). The maximum Gasteiger partial charge on any atom is 0.262 e. The highest BCUT2D eigenvalue weighted by Crippen LogP contribution is 2.25. The van der Waals surface area contributed by atoms with Crippen molar-refractivity contribution in [2.24, 2.45) is 0 Å². The van der Waals surface area contributed by atoms with Crippen molar-refractivity contribution in [2.75, 3.05) is 24.4 Å². The van der Waals surface area contributed by atoms with E-state index in [1.54, 1.807) is 49.6 Å². The number of benzene rings is 3. The fourth-order valence-electron chi connectivity index (χ4n) is 3.53. The summed E-state index contributed by atoms with van der Waals surface area (Å²) < 4.78 is 12.8. The molecule has 0 fully saturated rings. The monoisotopic (exact) mass is 443 g/mol. The van der Waals surface area contributed by atoms with Crippen molar-refractivity contribution in [1.82, 2.24) is 4.57 Å². The molecule has 0 saturated heterocycles. The van der Waals surface area contributed by atoms with Gasteiger partial charge in [-0.2, -0.15) is 0 Å². The van der Waals surface area contributed by atoms with E-state index in [1.807, 2.05) is 42.6 Å². The summed E-state index contributed by atoms with van der Waals surface area (Å²) in [6, 6.07) is 24.3. The van der Waals surface area contributed by atoms with E-state index in [0.29, 0.717) is 35.8 Å². The number of amides is 2. The summed E-state index contributed by atoms with van der Waals surface area (Å²) in [6.45, 7) is 0.415. The zero-order chi connectivity index (χ0) is 23.0. The zero-order valence-corrected chi connectivity index (χ0v) is 18.3. The molecule has 7 heteroatoms. The molecule has 4 aromatic rings. The van der Waals surface area contributed by atoms with E-state index in [2.05, 4.69) is 15.2 Å². The van der Waals surface area contributed by atoms with Crippen LogP contribution in [0.4, 0.5) is 11.4 Å². The number of anilines is 2. The van der Waals surface area contributed by atoms with E-state index in [0.717, 1.165) is 10.9 Å². The molecular formula is C26H25N3O4. The number of nitrogens with zero attached hydrogens (tertiary/aromatic N) is 1. The Labute approximate surface area is 191 Å². The Hall–Kier alpha value is -4.26. The van der Waals surface area contributed by atoms with Crippen molar-refractivity contribution in [2.45, 2.75) is 13.0 Å². The molecule has 0 atom stereocenters. The van der Waals surface area contributed by atoms with Gasteiger partial charge in [0.2, 0.25) is 5.91 Å². The first-order valence-electron chi connectivity index (χ1n) is 10.6. The lowest BCUT2D eigenvalue weighted by Gasteiger charge is -2.11. The molecule has 0 bridgehead atoms. The quantitative estimate of drug-likeness (QED) is 0.393. The predicted molar refractivity (Wildman–Crippen MR) is 129 cm³/mol. The van der Waals surface area contributed by atoms with Gasteiger partial charge in [-0.1, -0.05) is 36.4 Å². The second kappa shape index (κ2) is 10.4. The third kappa shape index (κ3) is 5.71. The van der Waals surface area contributed by atoms with Crippen LogP contribution in [0.3, 0.4) is 0 Å². The molecule has 0 aliphatic carbocycles. The molecule has 4 rings (SSSR count). The normalized spacial score (nSPS) is 10.6. The molecule has 0 radical (unpaired) electrons. The first kappa shape index (κ1) is 22.0. The Kier molecular flexibility index (Phi) is 6.90. The summed E-state index contributed by atoms with van der Waals surface area (Å²) in [5.74, 6) is 0.634. The van der Waals surface area contributed by atoms with Crippen LogP contribution in [0.2, 0.25) is 0 Å². The average Bonchev–Trinajstić information content (AvgIpc) is 3.25. The Morgan fingerprint density at radius 3 is 2.30 bits per heavy atom. The number of rotatable bonds is 9. The Balaban J connectivity index is 1.29. The number of carbonyl (C=O) groups is 2. The molecule has 3 aromatic carbocycles. The maximum absolute atomic E-state index is 12.5. The van der Waals surface area contributed by atoms with Crippen molar-refractivity contribution in [3.05, 3.63) is 85.1 Å². The average molecular weight is 444 g/mol. The van der Waals surface area contributed by atoms with Crippen LogP contribution in [-0.4, -0.2) is 30.1 Å². The highest BCUT2D eigenvalue weighted by atomic mass is 16.5. The van der Waals surface area contributed by atoms with Crippen molar-refractivity contribution in [1.29, 1.82) is 0 Å². The molecule has 0 unspecified atom stereocenters. The van der Waals surface area contributed by atoms with E-state index >= 15 is 0 Å². The van der Waals surface area contributed by atoms with Crippen LogP contribution >= 0.6 is 0 Å². The minimum absolute atomic E-state index is 0.101. The summed E-state index contributed by atoms with van der Waals surface area (Å²) in [6.07, 6.45) is 2.32. The van der Waals surface area contributed by atoms with Gasteiger partial charge in [0, 0.05) is 36.1 Å². The van der Waals surface area contributed by atoms with Crippen LogP contribution in [0.25, 0.3) is 10.9 Å². The molecule has 168 valence electrons. The second-order valence-electron chi connectivity index (χ2n) is 7.43. The predicted octanol–water partition coefficient (Wildman–Crippen LogP) is 4.70. The maximum atomic E-state index is 12.5. The molecule has 0 aliphatic heterocycles.